The molecule has 1 aliphatic heterocycles. The van der Waals surface area contributed by atoms with Gasteiger partial charge in [-0.05, 0) is 55.3 Å². The van der Waals surface area contributed by atoms with Crippen LogP contribution < -0.4 is 4.74 Å². The lowest BCUT2D eigenvalue weighted by atomic mass is 10.2. The minimum absolute atomic E-state index is 0.0122. The Morgan fingerprint density at radius 1 is 0.933 bits per heavy atom. The highest BCUT2D eigenvalue weighted by Gasteiger charge is 2.28. The Bertz CT molecular complexity index is 971. The van der Waals surface area contributed by atoms with Crippen LogP contribution in [-0.4, -0.2) is 45.0 Å². The summed E-state index contributed by atoms with van der Waals surface area (Å²) in [6.45, 7) is 1.07. The van der Waals surface area contributed by atoms with E-state index in [0.29, 0.717) is 23.9 Å². The zero-order chi connectivity index (χ0) is 21.6. The monoisotopic (exact) mass is 471 g/mol. The second-order valence-corrected chi connectivity index (χ2v) is 9.65. The summed E-state index contributed by atoms with van der Waals surface area (Å²) in [5.41, 5.74) is 0.124. The van der Waals surface area contributed by atoms with Crippen molar-refractivity contribution in [3.05, 3.63) is 58.1 Å². The van der Waals surface area contributed by atoms with Crippen molar-refractivity contribution in [2.45, 2.75) is 30.6 Å². The predicted molar refractivity (Wildman–Crippen MR) is 116 cm³/mol. The number of sulfonamides is 1. The summed E-state index contributed by atoms with van der Waals surface area (Å²) in [4.78, 5) is 12.3. The average molecular weight is 472 g/mol. The van der Waals surface area contributed by atoms with Crippen LogP contribution in [0.4, 0.5) is 0 Å². The normalized spacial score (nSPS) is 15.4. The van der Waals surface area contributed by atoms with Gasteiger partial charge in [0, 0.05) is 18.1 Å². The van der Waals surface area contributed by atoms with E-state index in [-0.39, 0.29) is 28.7 Å². The van der Waals surface area contributed by atoms with E-state index in [0.717, 1.165) is 25.7 Å². The first-order valence-corrected chi connectivity index (χ1v) is 11.9. The summed E-state index contributed by atoms with van der Waals surface area (Å²) in [6, 6.07) is 11.0. The SMILES string of the molecule is O=C(OCCOc1ccc(Cl)cc1)c1ccc(Cl)c(S(=O)(=O)N2CCCCCC2)c1. The third kappa shape index (κ3) is 5.88. The molecule has 0 aromatic heterocycles. The topological polar surface area (TPSA) is 72.9 Å². The Kier molecular flexibility index (Phi) is 7.99. The van der Waals surface area contributed by atoms with Crippen molar-refractivity contribution in [3.8, 4) is 5.75 Å². The zero-order valence-corrected chi connectivity index (χ0v) is 18.7. The van der Waals surface area contributed by atoms with Gasteiger partial charge in [-0.1, -0.05) is 36.0 Å². The summed E-state index contributed by atoms with van der Waals surface area (Å²) in [7, 11) is -3.78. The minimum atomic E-state index is -3.78. The number of esters is 1. The third-order valence-corrected chi connectivity index (χ3v) is 7.38. The van der Waals surface area contributed by atoms with Gasteiger partial charge in [0.05, 0.1) is 10.6 Å². The van der Waals surface area contributed by atoms with E-state index in [2.05, 4.69) is 0 Å². The molecule has 1 aliphatic rings. The fourth-order valence-corrected chi connectivity index (χ4v) is 5.30. The molecule has 2 aromatic carbocycles. The van der Waals surface area contributed by atoms with Crippen molar-refractivity contribution < 1.29 is 22.7 Å². The molecule has 6 nitrogen and oxygen atoms in total. The molecule has 0 radical (unpaired) electrons. The van der Waals surface area contributed by atoms with Gasteiger partial charge in [-0.3, -0.25) is 0 Å². The van der Waals surface area contributed by atoms with Crippen molar-refractivity contribution in [2.24, 2.45) is 0 Å². The fourth-order valence-electron chi connectivity index (χ4n) is 3.16. The van der Waals surface area contributed by atoms with Crippen LogP contribution in [0.15, 0.2) is 47.4 Å². The molecule has 0 N–H and O–H groups in total. The Labute approximate surface area is 186 Å². The van der Waals surface area contributed by atoms with E-state index in [4.69, 9.17) is 32.7 Å². The highest BCUT2D eigenvalue weighted by Crippen LogP contribution is 2.28. The van der Waals surface area contributed by atoms with Gasteiger partial charge in [-0.2, -0.15) is 4.31 Å². The molecule has 9 heteroatoms. The molecule has 0 saturated carbocycles. The van der Waals surface area contributed by atoms with Crippen LogP contribution in [0.2, 0.25) is 10.0 Å². The van der Waals surface area contributed by atoms with Gasteiger partial charge in [0.25, 0.3) is 0 Å². The molecule has 2 aromatic rings. The molecular formula is C21H23Cl2NO5S. The van der Waals surface area contributed by atoms with Crippen molar-refractivity contribution in [2.75, 3.05) is 26.3 Å². The Balaban J connectivity index is 1.63. The number of benzene rings is 2. The number of carbonyl (C=O) groups excluding carboxylic acids is 1. The van der Waals surface area contributed by atoms with E-state index in [1.807, 2.05) is 0 Å². The van der Waals surface area contributed by atoms with Crippen molar-refractivity contribution in [3.63, 3.8) is 0 Å². The second-order valence-electron chi connectivity index (χ2n) is 6.90. The van der Waals surface area contributed by atoms with E-state index >= 15 is 0 Å². The maximum atomic E-state index is 13.0. The summed E-state index contributed by atoms with van der Waals surface area (Å²) in [6.07, 6.45) is 3.63. The maximum absolute atomic E-state index is 13.0. The number of ether oxygens (including phenoxy) is 2. The quantitative estimate of drug-likeness (QED) is 0.428. The number of hydrogen-bond donors (Lipinski definition) is 0. The Morgan fingerprint density at radius 2 is 1.60 bits per heavy atom. The standard InChI is InChI=1S/C21H23Cl2NO5S/c22-17-6-8-18(9-7-17)28-13-14-29-21(25)16-5-10-19(23)20(15-16)30(26,27)24-11-3-1-2-4-12-24/h5-10,15H,1-4,11-14H2. The number of rotatable bonds is 7. The largest absolute Gasteiger partial charge is 0.490 e. The molecule has 1 heterocycles. The zero-order valence-electron chi connectivity index (χ0n) is 16.4. The molecule has 0 unspecified atom stereocenters. The van der Waals surface area contributed by atoms with Gasteiger partial charge in [-0.25, -0.2) is 13.2 Å². The fraction of sp³-hybridized carbons (Fsp3) is 0.381. The molecule has 0 bridgehead atoms. The molecule has 0 amide bonds. The number of halogens is 2. The summed E-state index contributed by atoms with van der Waals surface area (Å²) >= 11 is 12.0. The molecule has 30 heavy (non-hydrogen) atoms. The van der Waals surface area contributed by atoms with E-state index in [1.165, 1.54) is 22.5 Å². The van der Waals surface area contributed by atoms with Crippen molar-refractivity contribution in [1.29, 1.82) is 0 Å². The molecule has 162 valence electrons. The molecule has 0 spiro atoms. The Morgan fingerprint density at radius 3 is 2.27 bits per heavy atom. The first-order valence-electron chi connectivity index (χ1n) is 9.73. The van der Waals surface area contributed by atoms with Crippen LogP contribution >= 0.6 is 23.2 Å². The molecule has 1 saturated heterocycles. The van der Waals surface area contributed by atoms with E-state index < -0.39 is 16.0 Å². The van der Waals surface area contributed by atoms with Gasteiger partial charge >= 0.3 is 5.97 Å². The van der Waals surface area contributed by atoms with Gasteiger partial charge in [0.2, 0.25) is 10.0 Å². The minimum Gasteiger partial charge on any atom is -0.490 e. The number of hydrogen-bond acceptors (Lipinski definition) is 5. The van der Waals surface area contributed by atoms with Crippen LogP contribution in [0.5, 0.6) is 5.75 Å². The van der Waals surface area contributed by atoms with Crippen LogP contribution in [0, 0.1) is 0 Å². The van der Waals surface area contributed by atoms with Gasteiger partial charge in [-0.15, -0.1) is 0 Å². The highest BCUT2D eigenvalue weighted by molar-refractivity contribution is 7.89. The van der Waals surface area contributed by atoms with Crippen LogP contribution in [-0.2, 0) is 14.8 Å². The Hall–Kier alpha value is -1.80. The smallest absolute Gasteiger partial charge is 0.338 e. The first-order chi connectivity index (χ1) is 14.4. The summed E-state index contributed by atoms with van der Waals surface area (Å²) in [5, 5.41) is 0.685. The number of nitrogens with zero attached hydrogens (tertiary/aromatic N) is 1. The summed E-state index contributed by atoms with van der Waals surface area (Å²) < 4.78 is 38.2. The van der Waals surface area contributed by atoms with Gasteiger partial charge < -0.3 is 9.47 Å². The molecule has 1 fully saturated rings. The lowest BCUT2D eigenvalue weighted by Crippen LogP contribution is -2.32. The van der Waals surface area contributed by atoms with Crippen molar-refractivity contribution >= 4 is 39.2 Å². The van der Waals surface area contributed by atoms with E-state index in [1.54, 1.807) is 24.3 Å². The van der Waals surface area contributed by atoms with Gasteiger partial charge in [0.15, 0.2) is 0 Å². The first kappa shape index (κ1) is 22.9. The average Bonchev–Trinajstić information content (AvgIpc) is 3.03. The summed E-state index contributed by atoms with van der Waals surface area (Å²) in [5.74, 6) is -0.0357. The third-order valence-electron chi connectivity index (χ3n) is 4.75. The second kappa shape index (κ2) is 10.5. The maximum Gasteiger partial charge on any atom is 0.338 e. The van der Waals surface area contributed by atoms with Crippen molar-refractivity contribution in [1.82, 2.24) is 4.31 Å². The lowest BCUT2D eigenvalue weighted by molar-refractivity contribution is 0.0450. The van der Waals surface area contributed by atoms with Crippen LogP contribution in [0.3, 0.4) is 0 Å². The molecule has 0 atom stereocenters. The van der Waals surface area contributed by atoms with Crippen LogP contribution in [0.1, 0.15) is 36.0 Å². The number of carbonyl (C=O) groups is 1. The molecule has 0 aliphatic carbocycles. The highest BCUT2D eigenvalue weighted by atomic mass is 35.5. The van der Waals surface area contributed by atoms with Gasteiger partial charge in [0.1, 0.15) is 23.9 Å². The van der Waals surface area contributed by atoms with E-state index in [9.17, 15) is 13.2 Å². The predicted octanol–water partition coefficient (Wildman–Crippen LogP) is 4.79. The molecular weight excluding hydrogens is 449 g/mol. The van der Waals surface area contributed by atoms with Crippen LogP contribution in [0.25, 0.3) is 0 Å². The molecule has 3 rings (SSSR count). The lowest BCUT2D eigenvalue weighted by Gasteiger charge is -2.21.